The second-order valence-corrected chi connectivity index (χ2v) is 39.8. The minimum absolute atomic E-state index is 0.146. The Balaban J connectivity index is 0.833. The zero-order valence-corrected chi connectivity index (χ0v) is 84.8. The molecule has 9 aliphatic heterocycles. The first-order valence-electron chi connectivity index (χ1n) is 52.5. The first-order valence-corrected chi connectivity index (χ1v) is 52.5. The summed E-state index contributed by atoms with van der Waals surface area (Å²) in [7, 11) is 0. The normalized spacial score (nSPS) is 40.4. The number of aliphatic hydroxyl groups excluding tert-OH is 26. The molecule has 18 unspecified atom stereocenters. The third-order valence-electron chi connectivity index (χ3n) is 28.5. The van der Waals surface area contributed by atoms with Gasteiger partial charge in [0.05, 0.1) is 78.2 Å². The van der Waals surface area contributed by atoms with Crippen LogP contribution in [-0.2, 0) is 104 Å². The zero-order chi connectivity index (χ0) is 108. The van der Waals surface area contributed by atoms with Crippen molar-refractivity contribution in [3.63, 3.8) is 0 Å². The molecule has 9 fully saturated rings. The lowest BCUT2D eigenvalue weighted by Crippen LogP contribution is -2.71. The summed E-state index contributed by atoms with van der Waals surface area (Å²) >= 11 is 0. The Hall–Kier alpha value is -4.14. The SMILES string of the molecule is CCCCCCCCCCCCC/C=C/[C@@H](O)[C@H](CO[C@@H]1OC(CO)[C@@H](O[C@@H]2OC(CO)[C@H](O)[C@H](O[C@@H]3OC(CO)[C@@H](O[C@@H]4OC(CO)[C@H](O)[C@H](O[C@@H]5OC(CO)[C@@H](O[C@@H]6OC(CO)[C@H](O)[C@H](O[C@@H]7OC(CO)[C@@H](O[C@@H]8OC(CO)[C@H](O)[C@H](O[C@H]9OC(CO)[C@H](O)[C@H](O)C9O)C8O)[C@H](O)C7NC(C)=O)C6O)[C@H](O)C5NC(C)=O)C4O)[C@H](O)C3NC(C)=O)C2O)[C@H](O)C1O)NC(=O)CCCCCCCCCCCCCCCCC. The minimum atomic E-state index is -2.38. The van der Waals surface area contributed by atoms with Crippen molar-refractivity contribution in [3.8, 4) is 0 Å². The highest BCUT2D eigenvalue weighted by Crippen LogP contribution is 2.41. The van der Waals surface area contributed by atoms with Gasteiger partial charge in [0.15, 0.2) is 56.6 Å². The highest BCUT2D eigenvalue weighted by Gasteiger charge is 2.62. The van der Waals surface area contributed by atoms with Gasteiger partial charge in [-0.25, -0.2) is 0 Å². The van der Waals surface area contributed by atoms with Gasteiger partial charge in [-0.15, -0.1) is 0 Å². The molecule has 0 saturated carbocycles. The molecule has 9 saturated heterocycles. The van der Waals surface area contributed by atoms with Gasteiger partial charge in [-0.3, -0.25) is 19.2 Å². The van der Waals surface area contributed by atoms with Crippen LogP contribution in [0.25, 0.3) is 0 Å². The number of ether oxygens (including phenoxy) is 18. The summed E-state index contributed by atoms with van der Waals surface area (Å²) in [6, 6.07) is -6.92. The summed E-state index contributed by atoms with van der Waals surface area (Å²) in [4.78, 5) is 52.9. The molecule has 47 atom stereocenters. The minimum Gasteiger partial charge on any atom is -0.394 e. The fraction of sp³-hybridized carbons (Fsp3) is 0.938. The van der Waals surface area contributed by atoms with Crippen LogP contribution in [0.1, 0.15) is 214 Å². The van der Waals surface area contributed by atoms with E-state index in [0.717, 1.165) is 78.6 Å². The van der Waals surface area contributed by atoms with E-state index in [1.807, 2.05) is 6.08 Å². The zero-order valence-electron chi connectivity index (χ0n) is 84.8. The van der Waals surface area contributed by atoms with E-state index >= 15 is 0 Å². The number of rotatable bonds is 62. The van der Waals surface area contributed by atoms with E-state index < -0.39 is 372 Å². The van der Waals surface area contributed by atoms with Gasteiger partial charge in [0.1, 0.15) is 220 Å². The third kappa shape index (κ3) is 35.2. The van der Waals surface area contributed by atoms with Crippen LogP contribution in [0, 0.1) is 0 Å². The first-order chi connectivity index (χ1) is 70.9. The lowest BCUT2D eigenvalue weighted by molar-refractivity contribution is -0.391. The van der Waals surface area contributed by atoms with E-state index in [2.05, 4.69) is 35.1 Å². The van der Waals surface area contributed by atoms with Crippen LogP contribution >= 0.6 is 0 Å². The largest absolute Gasteiger partial charge is 0.394 e. The van der Waals surface area contributed by atoms with Crippen molar-refractivity contribution >= 4 is 23.6 Å². The van der Waals surface area contributed by atoms with Gasteiger partial charge in [0.25, 0.3) is 0 Å². The van der Waals surface area contributed by atoms with Crippen molar-refractivity contribution in [2.75, 3.05) is 66.1 Å². The van der Waals surface area contributed by atoms with E-state index in [1.165, 1.54) is 103 Å². The van der Waals surface area contributed by atoms with Crippen molar-refractivity contribution in [2.45, 2.75) is 503 Å². The number of amides is 4. The topological polar surface area (TPSA) is 809 Å². The summed E-state index contributed by atoms with van der Waals surface area (Å²) in [5.74, 6) is -3.19. The van der Waals surface area contributed by atoms with Crippen molar-refractivity contribution in [1.82, 2.24) is 21.3 Å². The molecular weight excluding hydrogens is 1980 g/mol. The molecule has 52 nitrogen and oxygen atoms in total. The van der Waals surface area contributed by atoms with E-state index in [9.17, 15) is 152 Å². The maximum atomic E-state index is 13.6. The molecule has 30 N–H and O–H groups in total. The molecule has 4 amide bonds. The van der Waals surface area contributed by atoms with Crippen LogP contribution in [0.15, 0.2) is 12.2 Å². The molecule has 0 spiro atoms. The summed E-state index contributed by atoms with van der Waals surface area (Å²) in [5.41, 5.74) is 0. The van der Waals surface area contributed by atoms with Crippen LogP contribution in [0.3, 0.4) is 0 Å². The molecule has 148 heavy (non-hydrogen) atoms. The number of hydrogen-bond donors (Lipinski definition) is 30. The molecule has 9 rings (SSSR count). The Morgan fingerprint density at radius 1 is 0.264 bits per heavy atom. The molecule has 0 aromatic carbocycles. The number of carbonyl (C=O) groups excluding carboxylic acids is 4. The van der Waals surface area contributed by atoms with Crippen molar-refractivity contribution in [3.05, 3.63) is 12.2 Å². The van der Waals surface area contributed by atoms with Gasteiger partial charge >= 0.3 is 0 Å². The smallest absolute Gasteiger partial charge is 0.220 e. The van der Waals surface area contributed by atoms with Gasteiger partial charge in [-0.05, 0) is 19.3 Å². The van der Waals surface area contributed by atoms with Gasteiger partial charge < -0.3 is 239 Å². The average molecular weight is 2150 g/mol. The maximum Gasteiger partial charge on any atom is 0.220 e. The van der Waals surface area contributed by atoms with Crippen LogP contribution in [-0.4, -0.2) is 511 Å². The maximum absolute atomic E-state index is 13.6. The fourth-order valence-corrected chi connectivity index (χ4v) is 20.0. The number of aliphatic hydroxyl groups is 26. The number of allylic oxidation sites excluding steroid dienone is 1. The monoisotopic (exact) mass is 2150 g/mol. The Morgan fingerprint density at radius 2 is 0.500 bits per heavy atom. The molecule has 0 aromatic heterocycles. The summed E-state index contributed by atoms with van der Waals surface area (Å²) in [6.45, 7) is -2.96. The van der Waals surface area contributed by atoms with Crippen LogP contribution in [0.2, 0.25) is 0 Å². The number of hydrogen-bond acceptors (Lipinski definition) is 48. The van der Waals surface area contributed by atoms with Gasteiger partial charge in [0.2, 0.25) is 23.6 Å². The summed E-state index contributed by atoms with van der Waals surface area (Å²) in [5, 5.41) is 304. The number of carbonyl (C=O) groups is 4. The second kappa shape index (κ2) is 64.7. The lowest BCUT2D eigenvalue weighted by atomic mass is 9.93. The summed E-state index contributed by atoms with van der Waals surface area (Å²) in [6.07, 6.45) is -53.1. The molecule has 0 aliphatic carbocycles. The highest BCUT2D eigenvalue weighted by atomic mass is 16.8. The summed E-state index contributed by atoms with van der Waals surface area (Å²) < 4.78 is 107. The van der Waals surface area contributed by atoms with E-state index in [-0.39, 0.29) is 12.3 Å². The molecule has 9 heterocycles. The van der Waals surface area contributed by atoms with Crippen LogP contribution in [0.5, 0.6) is 0 Å². The molecule has 52 heteroatoms. The lowest BCUT2D eigenvalue weighted by Gasteiger charge is -2.51. The molecular formula is C96H170N4O48. The Kier molecular flexibility index (Phi) is 55.6. The third-order valence-corrected chi connectivity index (χ3v) is 28.5. The van der Waals surface area contributed by atoms with E-state index in [4.69, 9.17) is 85.3 Å². The quantitative estimate of drug-likeness (QED) is 0.0199. The predicted octanol–water partition coefficient (Wildman–Crippen LogP) is -8.81. The van der Waals surface area contributed by atoms with Gasteiger partial charge in [-0.1, -0.05) is 180 Å². The standard InChI is InChI=1S/C96H170N4O48/c1-6-8-10-12-14-16-18-20-21-23-25-27-29-31-33-35-60(114)100-49(50(113)34-32-30-28-26-24-22-19-17-15-13-11-9-7-2)45-131-91-75(126)73(124)83(59(44-109)140-91)144-96-78(129)86(67(118)54(39-104)136-96)147-90-62(98-47(4)111)70(121)81(57(42-107)138-90)142-94-76(127)84(65(116)52(37-102)134-94)145-88-61(97-46(3)110)69(120)80(56(41-106)137-88)141-93-77(128)85(66(117)53(38-103)133-93)146-89-63(99-48(5)112)71(122)82(58(43-108)139-89)143-95-79(130)87(68(119)55(40-105)135-95)148-92-74(125)72(123)64(115)51(36-101)132-92/h32,34,49-59,61-96,101-109,113,115-130H,6-31,33,35-45H2,1-5H3,(H,97,110)(H,98,111)(H,99,112)(H,100,114)/b34-32+/t49-,50+,51?,52?,53?,54?,55?,56?,57?,58?,59?,61?,62?,63?,64-,65-,66-,67-,68-,69+,70+,71+,72-,73+,74?,75?,76?,77?,78?,79?,80+,81+,82+,83+,84-,85-,86-,87-,88-,89-,90-,91+,92+,93-,94-,95-,96-/m0/s1. The first kappa shape index (κ1) is 127. The van der Waals surface area contributed by atoms with E-state index in [0.29, 0.717) is 12.8 Å². The molecule has 9 aliphatic rings. The van der Waals surface area contributed by atoms with Crippen molar-refractivity contribution in [2.24, 2.45) is 0 Å². The molecule has 0 bridgehead atoms. The van der Waals surface area contributed by atoms with Crippen LogP contribution in [0.4, 0.5) is 0 Å². The Morgan fingerprint density at radius 3 is 0.791 bits per heavy atom. The number of unbranched alkanes of at least 4 members (excludes halogenated alkanes) is 25. The van der Waals surface area contributed by atoms with E-state index in [1.54, 1.807) is 6.08 Å². The van der Waals surface area contributed by atoms with Crippen LogP contribution < -0.4 is 21.3 Å². The molecule has 862 valence electrons. The highest BCUT2D eigenvalue weighted by molar-refractivity contribution is 5.76. The van der Waals surface area contributed by atoms with Gasteiger partial charge in [0, 0.05) is 27.2 Å². The Labute approximate surface area is 859 Å². The average Bonchev–Trinajstić information content (AvgIpc) is 0.757. The van der Waals surface area contributed by atoms with Crippen molar-refractivity contribution < 1.29 is 237 Å². The second-order valence-electron chi connectivity index (χ2n) is 39.8. The Bertz CT molecular complexity index is 3740. The van der Waals surface area contributed by atoms with Crippen molar-refractivity contribution in [1.29, 1.82) is 0 Å². The molecule has 0 radical (unpaired) electrons. The fourth-order valence-electron chi connectivity index (χ4n) is 20.0. The number of nitrogens with one attached hydrogen (secondary N) is 4. The van der Waals surface area contributed by atoms with Gasteiger partial charge in [-0.2, -0.15) is 0 Å². The molecule has 0 aromatic rings. The predicted molar refractivity (Wildman–Crippen MR) is 503 cm³/mol.